The second-order valence-corrected chi connectivity index (χ2v) is 6.74. The normalized spacial score (nSPS) is 13.7. The monoisotopic (exact) mass is 402 g/mol. The summed E-state index contributed by atoms with van der Waals surface area (Å²) in [4.78, 5) is 26.1. The SMILES string of the molecule is Cl.NC(CNC(=O)CCNC(=O)N1CCc2ccccc2C1)c1ccccc1. The van der Waals surface area contributed by atoms with E-state index < -0.39 is 0 Å². The Balaban J connectivity index is 0.00000280. The first-order valence-corrected chi connectivity index (χ1v) is 9.30. The molecule has 0 fully saturated rings. The van der Waals surface area contributed by atoms with Gasteiger partial charge >= 0.3 is 6.03 Å². The molecule has 150 valence electrons. The fourth-order valence-electron chi connectivity index (χ4n) is 3.19. The summed E-state index contributed by atoms with van der Waals surface area (Å²) in [5.74, 6) is -0.120. The van der Waals surface area contributed by atoms with Crippen LogP contribution in [0.5, 0.6) is 0 Å². The Morgan fingerprint density at radius 1 is 1.00 bits per heavy atom. The van der Waals surface area contributed by atoms with Crippen LogP contribution in [0.1, 0.15) is 29.2 Å². The van der Waals surface area contributed by atoms with Crippen LogP contribution in [0, 0.1) is 0 Å². The van der Waals surface area contributed by atoms with Crippen LogP contribution in [0.15, 0.2) is 54.6 Å². The van der Waals surface area contributed by atoms with E-state index in [0.717, 1.165) is 12.0 Å². The summed E-state index contributed by atoms with van der Waals surface area (Å²) < 4.78 is 0. The molecule has 1 aliphatic rings. The van der Waals surface area contributed by atoms with Gasteiger partial charge in [0.05, 0.1) is 0 Å². The highest BCUT2D eigenvalue weighted by molar-refractivity contribution is 5.85. The number of fused-ring (bicyclic) bond motifs is 1. The van der Waals surface area contributed by atoms with Crippen LogP contribution in [-0.4, -0.2) is 36.5 Å². The highest BCUT2D eigenvalue weighted by Gasteiger charge is 2.20. The summed E-state index contributed by atoms with van der Waals surface area (Å²) >= 11 is 0. The van der Waals surface area contributed by atoms with E-state index in [-0.39, 0.29) is 36.8 Å². The first-order chi connectivity index (χ1) is 13.1. The molecule has 0 aromatic heterocycles. The van der Waals surface area contributed by atoms with Crippen LogP contribution >= 0.6 is 12.4 Å². The fourth-order valence-corrected chi connectivity index (χ4v) is 3.19. The van der Waals surface area contributed by atoms with E-state index in [1.807, 2.05) is 42.5 Å². The number of benzene rings is 2. The fraction of sp³-hybridized carbons (Fsp3) is 0.333. The number of rotatable bonds is 6. The summed E-state index contributed by atoms with van der Waals surface area (Å²) in [6.45, 7) is 1.99. The third-order valence-electron chi connectivity index (χ3n) is 4.79. The Bertz CT molecular complexity index is 785. The number of urea groups is 1. The number of halogens is 1. The van der Waals surface area contributed by atoms with Crippen LogP contribution < -0.4 is 16.4 Å². The van der Waals surface area contributed by atoms with Gasteiger partial charge in [0.1, 0.15) is 0 Å². The van der Waals surface area contributed by atoms with Gasteiger partial charge in [-0.15, -0.1) is 12.4 Å². The molecule has 0 radical (unpaired) electrons. The summed E-state index contributed by atoms with van der Waals surface area (Å²) in [5, 5.41) is 5.65. The van der Waals surface area contributed by atoms with E-state index in [9.17, 15) is 9.59 Å². The second kappa shape index (κ2) is 10.7. The molecule has 0 saturated carbocycles. The molecule has 28 heavy (non-hydrogen) atoms. The predicted octanol–water partition coefficient (Wildman–Crippen LogP) is 2.38. The number of carbonyl (C=O) groups excluding carboxylic acids is 2. The van der Waals surface area contributed by atoms with Gasteiger partial charge < -0.3 is 21.3 Å². The van der Waals surface area contributed by atoms with Crippen LogP contribution in [-0.2, 0) is 17.8 Å². The molecule has 1 aliphatic heterocycles. The van der Waals surface area contributed by atoms with Gasteiger partial charge in [-0.05, 0) is 23.1 Å². The zero-order valence-corrected chi connectivity index (χ0v) is 16.6. The Morgan fingerprint density at radius 3 is 2.43 bits per heavy atom. The van der Waals surface area contributed by atoms with Crippen molar-refractivity contribution in [3.05, 3.63) is 71.3 Å². The van der Waals surface area contributed by atoms with E-state index in [1.165, 1.54) is 11.1 Å². The van der Waals surface area contributed by atoms with Gasteiger partial charge in [-0.1, -0.05) is 54.6 Å². The number of amides is 3. The predicted molar refractivity (Wildman–Crippen MR) is 112 cm³/mol. The van der Waals surface area contributed by atoms with Crippen molar-refractivity contribution in [3.8, 4) is 0 Å². The first-order valence-electron chi connectivity index (χ1n) is 9.30. The molecule has 1 heterocycles. The van der Waals surface area contributed by atoms with Crippen LogP contribution in [0.25, 0.3) is 0 Å². The smallest absolute Gasteiger partial charge is 0.317 e. The molecule has 4 N–H and O–H groups in total. The van der Waals surface area contributed by atoms with Gasteiger partial charge in [0.2, 0.25) is 5.91 Å². The lowest BCUT2D eigenvalue weighted by Crippen LogP contribution is -2.44. The van der Waals surface area contributed by atoms with Crippen molar-refractivity contribution >= 4 is 24.3 Å². The summed E-state index contributed by atoms with van der Waals surface area (Å²) in [6, 6.07) is 17.5. The Kier molecular flexibility index (Phi) is 8.29. The Hall–Kier alpha value is -2.57. The first kappa shape index (κ1) is 21.7. The van der Waals surface area contributed by atoms with Gasteiger partial charge in [0, 0.05) is 38.6 Å². The number of nitrogens with two attached hydrogens (primary N) is 1. The Morgan fingerprint density at radius 2 is 1.68 bits per heavy atom. The van der Waals surface area contributed by atoms with E-state index in [0.29, 0.717) is 26.2 Å². The largest absolute Gasteiger partial charge is 0.354 e. The van der Waals surface area contributed by atoms with Gasteiger partial charge in [0.25, 0.3) is 0 Å². The van der Waals surface area contributed by atoms with E-state index in [4.69, 9.17) is 5.73 Å². The highest BCUT2D eigenvalue weighted by Crippen LogP contribution is 2.18. The lowest BCUT2D eigenvalue weighted by Gasteiger charge is -2.28. The maximum absolute atomic E-state index is 12.3. The molecule has 7 heteroatoms. The molecule has 0 saturated heterocycles. The van der Waals surface area contributed by atoms with Crippen molar-refractivity contribution in [1.29, 1.82) is 0 Å². The summed E-state index contributed by atoms with van der Waals surface area (Å²) in [6.07, 6.45) is 1.10. The summed E-state index contributed by atoms with van der Waals surface area (Å²) in [7, 11) is 0. The molecule has 3 amide bonds. The van der Waals surface area contributed by atoms with Crippen LogP contribution in [0.3, 0.4) is 0 Å². The van der Waals surface area contributed by atoms with E-state index >= 15 is 0 Å². The molecule has 0 spiro atoms. The molecule has 1 atom stereocenters. The summed E-state index contributed by atoms with van der Waals surface area (Å²) in [5.41, 5.74) is 9.54. The van der Waals surface area contributed by atoms with Crippen molar-refractivity contribution in [2.24, 2.45) is 5.73 Å². The van der Waals surface area contributed by atoms with E-state index in [1.54, 1.807) is 4.90 Å². The van der Waals surface area contributed by atoms with Gasteiger partial charge in [0.15, 0.2) is 0 Å². The molecule has 0 bridgehead atoms. The highest BCUT2D eigenvalue weighted by atomic mass is 35.5. The lowest BCUT2D eigenvalue weighted by molar-refractivity contribution is -0.121. The van der Waals surface area contributed by atoms with Crippen molar-refractivity contribution in [2.45, 2.75) is 25.4 Å². The zero-order valence-electron chi connectivity index (χ0n) is 15.8. The van der Waals surface area contributed by atoms with Gasteiger partial charge in [-0.3, -0.25) is 4.79 Å². The van der Waals surface area contributed by atoms with Gasteiger partial charge in [-0.25, -0.2) is 4.79 Å². The molecular weight excluding hydrogens is 376 g/mol. The number of nitrogens with one attached hydrogen (secondary N) is 2. The maximum Gasteiger partial charge on any atom is 0.317 e. The minimum Gasteiger partial charge on any atom is -0.354 e. The van der Waals surface area contributed by atoms with Crippen molar-refractivity contribution in [3.63, 3.8) is 0 Å². The molecule has 2 aromatic carbocycles. The molecular formula is C21H27ClN4O2. The lowest BCUT2D eigenvalue weighted by atomic mass is 10.0. The van der Waals surface area contributed by atoms with E-state index in [2.05, 4.69) is 22.8 Å². The number of nitrogens with zero attached hydrogens (tertiary/aromatic N) is 1. The van der Waals surface area contributed by atoms with Crippen molar-refractivity contribution in [1.82, 2.24) is 15.5 Å². The third kappa shape index (κ3) is 5.97. The number of hydrogen-bond acceptors (Lipinski definition) is 3. The molecule has 1 unspecified atom stereocenters. The number of hydrogen-bond donors (Lipinski definition) is 3. The average molecular weight is 403 g/mol. The van der Waals surface area contributed by atoms with Crippen LogP contribution in [0.2, 0.25) is 0 Å². The topological polar surface area (TPSA) is 87.5 Å². The van der Waals surface area contributed by atoms with Crippen LogP contribution in [0.4, 0.5) is 4.79 Å². The average Bonchev–Trinajstić information content (AvgIpc) is 2.72. The number of carbonyl (C=O) groups is 2. The van der Waals surface area contributed by atoms with Crippen molar-refractivity contribution in [2.75, 3.05) is 19.6 Å². The minimum atomic E-state index is -0.238. The quantitative estimate of drug-likeness (QED) is 0.693. The minimum absolute atomic E-state index is 0. The molecule has 0 aliphatic carbocycles. The Labute approximate surface area is 171 Å². The zero-order chi connectivity index (χ0) is 19.1. The molecule has 6 nitrogen and oxygen atoms in total. The standard InChI is InChI=1S/C21H26N4O2.ClH/c22-19(17-7-2-1-3-8-17)14-24-20(26)10-12-23-21(27)25-13-11-16-6-4-5-9-18(16)15-25;/h1-9,19H,10-15,22H2,(H,23,27)(H,24,26);1H. The maximum atomic E-state index is 12.3. The molecule has 2 aromatic rings. The van der Waals surface area contributed by atoms with Crippen molar-refractivity contribution < 1.29 is 9.59 Å². The molecule has 3 rings (SSSR count). The second-order valence-electron chi connectivity index (χ2n) is 6.74. The van der Waals surface area contributed by atoms with Gasteiger partial charge in [-0.2, -0.15) is 0 Å². The third-order valence-corrected chi connectivity index (χ3v) is 4.79.